The van der Waals surface area contributed by atoms with Crippen molar-refractivity contribution >= 4 is 11.7 Å². The van der Waals surface area contributed by atoms with Crippen LogP contribution in [0, 0.1) is 6.92 Å². The number of aromatic nitrogens is 1. The lowest BCUT2D eigenvalue weighted by molar-refractivity contribution is -0.116. The first-order valence-electron chi connectivity index (χ1n) is 5.15. The number of nitrogens with two attached hydrogens (primary N) is 1. The molecule has 1 aromatic rings. The summed E-state index contributed by atoms with van der Waals surface area (Å²) in [5.74, 6) is 1.14. The first-order chi connectivity index (χ1) is 7.22. The average molecular weight is 211 g/mol. The van der Waals surface area contributed by atoms with Crippen molar-refractivity contribution in [2.75, 3.05) is 11.9 Å². The van der Waals surface area contributed by atoms with Crippen LogP contribution >= 0.6 is 0 Å². The minimum Gasteiger partial charge on any atom is -0.360 e. The molecule has 1 heterocycles. The molecule has 15 heavy (non-hydrogen) atoms. The van der Waals surface area contributed by atoms with Gasteiger partial charge in [-0.3, -0.25) is 4.79 Å². The highest BCUT2D eigenvalue weighted by Crippen LogP contribution is 2.08. The second-order valence-electron chi connectivity index (χ2n) is 3.47. The Bertz CT molecular complexity index is 309. The summed E-state index contributed by atoms with van der Waals surface area (Å²) in [5.41, 5.74) is 5.35. The standard InChI is InChI=1S/C10H17N3O2/c1-8-7-9(13-15-8)12-10(14)5-3-2-4-6-11/h7H,2-6,11H2,1H3,(H,12,13,14). The quantitative estimate of drug-likeness (QED) is 0.697. The van der Waals surface area contributed by atoms with Gasteiger partial charge in [0.15, 0.2) is 5.82 Å². The van der Waals surface area contributed by atoms with Gasteiger partial charge < -0.3 is 15.6 Å². The monoisotopic (exact) mass is 211 g/mol. The van der Waals surface area contributed by atoms with E-state index in [1.165, 1.54) is 0 Å². The van der Waals surface area contributed by atoms with Crippen LogP contribution in [-0.2, 0) is 4.79 Å². The molecule has 5 nitrogen and oxygen atoms in total. The number of rotatable bonds is 6. The molecular weight excluding hydrogens is 194 g/mol. The smallest absolute Gasteiger partial charge is 0.225 e. The Labute approximate surface area is 89.0 Å². The lowest BCUT2D eigenvalue weighted by Gasteiger charge is -2.00. The molecule has 0 spiro atoms. The molecule has 5 heteroatoms. The number of nitrogens with one attached hydrogen (secondary N) is 1. The Morgan fingerprint density at radius 1 is 1.53 bits per heavy atom. The highest BCUT2D eigenvalue weighted by atomic mass is 16.5. The molecule has 0 aliphatic rings. The lowest BCUT2D eigenvalue weighted by atomic mass is 10.2. The van der Waals surface area contributed by atoms with Crippen molar-refractivity contribution in [1.82, 2.24) is 5.16 Å². The summed E-state index contributed by atoms with van der Waals surface area (Å²) in [6, 6.07) is 1.69. The SMILES string of the molecule is Cc1cc(NC(=O)CCCCCN)no1. The van der Waals surface area contributed by atoms with Crippen LogP contribution in [0.15, 0.2) is 10.6 Å². The van der Waals surface area contributed by atoms with Crippen LogP contribution in [0.3, 0.4) is 0 Å². The van der Waals surface area contributed by atoms with Gasteiger partial charge in [0.2, 0.25) is 5.91 Å². The van der Waals surface area contributed by atoms with Gasteiger partial charge in [-0.25, -0.2) is 0 Å². The summed E-state index contributed by atoms with van der Waals surface area (Å²) in [4.78, 5) is 11.4. The molecule has 84 valence electrons. The van der Waals surface area contributed by atoms with Crippen molar-refractivity contribution in [3.8, 4) is 0 Å². The fourth-order valence-corrected chi connectivity index (χ4v) is 1.24. The highest BCUT2D eigenvalue weighted by molar-refractivity contribution is 5.89. The summed E-state index contributed by atoms with van der Waals surface area (Å²) >= 11 is 0. The number of amides is 1. The van der Waals surface area contributed by atoms with Crippen LogP contribution < -0.4 is 11.1 Å². The van der Waals surface area contributed by atoms with Gasteiger partial charge >= 0.3 is 0 Å². The van der Waals surface area contributed by atoms with E-state index in [0.29, 0.717) is 24.5 Å². The van der Waals surface area contributed by atoms with Gasteiger partial charge in [-0.05, 0) is 26.3 Å². The first kappa shape index (κ1) is 11.7. The Balaban J connectivity index is 2.18. The molecule has 1 amide bonds. The van der Waals surface area contributed by atoms with E-state index in [1.54, 1.807) is 13.0 Å². The number of carbonyl (C=O) groups excluding carboxylic acids is 1. The van der Waals surface area contributed by atoms with Crippen molar-refractivity contribution in [2.24, 2.45) is 5.73 Å². The number of aryl methyl sites for hydroxylation is 1. The van der Waals surface area contributed by atoms with Gasteiger partial charge in [0.05, 0.1) is 0 Å². The molecule has 0 aliphatic heterocycles. The zero-order chi connectivity index (χ0) is 11.1. The minimum atomic E-state index is -0.0275. The number of anilines is 1. The van der Waals surface area contributed by atoms with Crippen molar-refractivity contribution in [3.63, 3.8) is 0 Å². The molecule has 0 atom stereocenters. The average Bonchev–Trinajstić information content (AvgIpc) is 2.59. The maximum atomic E-state index is 11.4. The van der Waals surface area contributed by atoms with Crippen LogP contribution in [-0.4, -0.2) is 17.6 Å². The first-order valence-corrected chi connectivity index (χ1v) is 5.15. The Kier molecular flexibility index (Phi) is 4.83. The van der Waals surface area contributed by atoms with E-state index in [-0.39, 0.29) is 5.91 Å². The van der Waals surface area contributed by atoms with Crippen LogP contribution in [0.25, 0.3) is 0 Å². The van der Waals surface area contributed by atoms with Gasteiger partial charge in [-0.15, -0.1) is 0 Å². The molecule has 0 bridgehead atoms. The van der Waals surface area contributed by atoms with Crippen LogP contribution in [0.4, 0.5) is 5.82 Å². The van der Waals surface area contributed by atoms with Gasteiger partial charge in [0, 0.05) is 12.5 Å². The Hall–Kier alpha value is -1.36. The van der Waals surface area contributed by atoms with E-state index in [2.05, 4.69) is 10.5 Å². The van der Waals surface area contributed by atoms with E-state index in [9.17, 15) is 4.79 Å². The van der Waals surface area contributed by atoms with Crippen molar-refractivity contribution in [2.45, 2.75) is 32.6 Å². The summed E-state index contributed by atoms with van der Waals surface area (Å²) in [5, 5.41) is 6.34. The molecule has 1 rings (SSSR count). The van der Waals surface area contributed by atoms with Crippen LogP contribution in [0.5, 0.6) is 0 Å². The third-order valence-electron chi connectivity index (χ3n) is 2.00. The molecular formula is C10H17N3O2. The molecule has 0 saturated heterocycles. The van der Waals surface area contributed by atoms with Gasteiger partial charge in [-0.1, -0.05) is 11.6 Å². The minimum absolute atomic E-state index is 0.0275. The van der Waals surface area contributed by atoms with Crippen LogP contribution in [0.2, 0.25) is 0 Å². The lowest BCUT2D eigenvalue weighted by Crippen LogP contribution is -2.11. The Morgan fingerprint density at radius 2 is 2.33 bits per heavy atom. The molecule has 0 aromatic carbocycles. The third-order valence-corrected chi connectivity index (χ3v) is 2.00. The number of nitrogens with zero attached hydrogens (tertiary/aromatic N) is 1. The fourth-order valence-electron chi connectivity index (χ4n) is 1.24. The maximum absolute atomic E-state index is 11.4. The van der Waals surface area contributed by atoms with Crippen LogP contribution in [0.1, 0.15) is 31.4 Å². The molecule has 0 saturated carbocycles. The van der Waals surface area contributed by atoms with E-state index < -0.39 is 0 Å². The summed E-state index contributed by atoms with van der Waals surface area (Å²) in [6.45, 7) is 2.47. The number of carbonyl (C=O) groups is 1. The molecule has 0 fully saturated rings. The summed E-state index contributed by atoms with van der Waals surface area (Å²) in [6.07, 6.45) is 3.32. The predicted molar refractivity (Wildman–Crippen MR) is 57.4 cm³/mol. The maximum Gasteiger partial charge on any atom is 0.225 e. The molecule has 0 aliphatic carbocycles. The second kappa shape index (κ2) is 6.19. The molecule has 1 aromatic heterocycles. The van der Waals surface area contributed by atoms with Crippen molar-refractivity contribution < 1.29 is 9.32 Å². The topological polar surface area (TPSA) is 81.2 Å². The zero-order valence-corrected chi connectivity index (χ0v) is 8.95. The third kappa shape index (κ3) is 4.60. The highest BCUT2D eigenvalue weighted by Gasteiger charge is 2.05. The van der Waals surface area contributed by atoms with Gasteiger partial charge in [0.25, 0.3) is 0 Å². The molecule has 3 N–H and O–H groups in total. The number of hydrogen-bond acceptors (Lipinski definition) is 4. The number of hydrogen-bond donors (Lipinski definition) is 2. The van der Waals surface area contributed by atoms with Crippen molar-refractivity contribution in [1.29, 1.82) is 0 Å². The molecule has 0 unspecified atom stereocenters. The van der Waals surface area contributed by atoms with E-state index >= 15 is 0 Å². The predicted octanol–water partition coefficient (Wildman–Crippen LogP) is 1.44. The van der Waals surface area contributed by atoms with E-state index in [4.69, 9.17) is 10.3 Å². The summed E-state index contributed by atoms with van der Waals surface area (Å²) in [7, 11) is 0. The van der Waals surface area contributed by atoms with Gasteiger partial charge in [-0.2, -0.15) is 0 Å². The van der Waals surface area contributed by atoms with E-state index in [1.807, 2.05) is 0 Å². The normalized spacial score (nSPS) is 10.3. The molecule has 0 radical (unpaired) electrons. The second-order valence-corrected chi connectivity index (χ2v) is 3.47. The van der Waals surface area contributed by atoms with E-state index in [0.717, 1.165) is 19.3 Å². The van der Waals surface area contributed by atoms with Crippen molar-refractivity contribution in [3.05, 3.63) is 11.8 Å². The summed E-state index contributed by atoms with van der Waals surface area (Å²) < 4.78 is 4.83. The fraction of sp³-hybridized carbons (Fsp3) is 0.600. The van der Waals surface area contributed by atoms with Gasteiger partial charge in [0.1, 0.15) is 5.76 Å². The largest absolute Gasteiger partial charge is 0.360 e. The zero-order valence-electron chi connectivity index (χ0n) is 8.95. The Morgan fingerprint density at radius 3 is 2.93 bits per heavy atom. The number of unbranched alkanes of at least 4 members (excludes halogenated alkanes) is 2.